The standard InChI is InChI=1S/C11H19N3/c1-8-5-3-4-6-10(8)14-11-12-7-9(2)13-11/h7-8,10H,3-6H2,1-2H3,(H2,12,13,14). The SMILES string of the molecule is Cc1cnc(NC2CCCCC2C)[nH]1. The summed E-state index contributed by atoms with van der Waals surface area (Å²) < 4.78 is 0. The first-order valence-electron chi connectivity index (χ1n) is 5.54. The van der Waals surface area contributed by atoms with Crippen molar-refractivity contribution in [2.75, 3.05) is 5.32 Å². The van der Waals surface area contributed by atoms with E-state index in [4.69, 9.17) is 0 Å². The smallest absolute Gasteiger partial charge is 0.200 e. The monoisotopic (exact) mass is 193 g/mol. The third-order valence-electron chi connectivity index (χ3n) is 3.14. The summed E-state index contributed by atoms with van der Waals surface area (Å²) in [7, 11) is 0. The maximum atomic E-state index is 4.28. The number of hydrogen-bond acceptors (Lipinski definition) is 2. The highest BCUT2D eigenvalue weighted by molar-refractivity contribution is 5.27. The molecule has 0 saturated heterocycles. The Bertz CT molecular complexity index is 292. The van der Waals surface area contributed by atoms with Gasteiger partial charge in [0, 0.05) is 17.9 Å². The Balaban J connectivity index is 1.95. The van der Waals surface area contributed by atoms with Crippen LogP contribution in [-0.2, 0) is 0 Å². The van der Waals surface area contributed by atoms with Gasteiger partial charge in [0.15, 0.2) is 0 Å². The number of aromatic nitrogens is 2. The van der Waals surface area contributed by atoms with E-state index in [-0.39, 0.29) is 0 Å². The van der Waals surface area contributed by atoms with Crippen molar-refractivity contribution in [2.45, 2.75) is 45.6 Å². The Morgan fingerprint density at radius 1 is 1.43 bits per heavy atom. The summed E-state index contributed by atoms with van der Waals surface area (Å²) in [6.45, 7) is 4.36. The average molecular weight is 193 g/mol. The topological polar surface area (TPSA) is 40.7 Å². The van der Waals surface area contributed by atoms with Crippen LogP contribution in [0.2, 0.25) is 0 Å². The van der Waals surface area contributed by atoms with Crippen LogP contribution in [0.4, 0.5) is 5.95 Å². The molecular formula is C11H19N3. The fourth-order valence-electron chi connectivity index (χ4n) is 2.19. The molecule has 78 valence electrons. The number of aromatic amines is 1. The second-order valence-electron chi connectivity index (χ2n) is 4.43. The lowest BCUT2D eigenvalue weighted by atomic mass is 9.86. The predicted molar refractivity (Wildman–Crippen MR) is 58.4 cm³/mol. The number of aryl methyl sites for hydroxylation is 1. The van der Waals surface area contributed by atoms with Gasteiger partial charge in [-0.05, 0) is 25.7 Å². The van der Waals surface area contributed by atoms with Crippen LogP contribution >= 0.6 is 0 Å². The largest absolute Gasteiger partial charge is 0.353 e. The molecule has 2 rings (SSSR count). The molecule has 14 heavy (non-hydrogen) atoms. The number of nitrogens with zero attached hydrogens (tertiary/aromatic N) is 1. The van der Waals surface area contributed by atoms with Gasteiger partial charge < -0.3 is 10.3 Å². The molecule has 1 fully saturated rings. The van der Waals surface area contributed by atoms with Gasteiger partial charge >= 0.3 is 0 Å². The highest BCUT2D eigenvalue weighted by atomic mass is 15.1. The van der Waals surface area contributed by atoms with Gasteiger partial charge in [-0.1, -0.05) is 19.8 Å². The van der Waals surface area contributed by atoms with Crippen molar-refractivity contribution in [1.29, 1.82) is 0 Å². The minimum atomic E-state index is 0.606. The van der Waals surface area contributed by atoms with E-state index in [2.05, 4.69) is 22.2 Å². The minimum Gasteiger partial charge on any atom is -0.353 e. The maximum absolute atomic E-state index is 4.28. The lowest BCUT2D eigenvalue weighted by Crippen LogP contribution is -2.30. The number of imidazole rings is 1. The average Bonchev–Trinajstić information content (AvgIpc) is 2.56. The lowest BCUT2D eigenvalue weighted by Gasteiger charge is -2.29. The fraction of sp³-hybridized carbons (Fsp3) is 0.727. The fourth-order valence-corrected chi connectivity index (χ4v) is 2.19. The van der Waals surface area contributed by atoms with Crippen LogP contribution in [0.3, 0.4) is 0 Å². The van der Waals surface area contributed by atoms with Crippen LogP contribution in [0.15, 0.2) is 6.20 Å². The van der Waals surface area contributed by atoms with Crippen molar-refractivity contribution >= 4 is 5.95 Å². The molecule has 1 heterocycles. The molecule has 0 radical (unpaired) electrons. The first kappa shape index (κ1) is 9.56. The van der Waals surface area contributed by atoms with Crippen LogP contribution in [0.25, 0.3) is 0 Å². The molecule has 0 amide bonds. The maximum Gasteiger partial charge on any atom is 0.200 e. The van der Waals surface area contributed by atoms with E-state index >= 15 is 0 Å². The molecule has 1 aromatic heterocycles. The van der Waals surface area contributed by atoms with E-state index in [1.807, 2.05) is 13.1 Å². The summed E-state index contributed by atoms with van der Waals surface area (Å²) >= 11 is 0. The van der Waals surface area contributed by atoms with Crippen LogP contribution in [0.1, 0.15) is 38.3 Å². The number of nitrogens with one attached hydrogen (secondary N) is 2. The predicted octanol–water partition coefficient (Wildman–Crippen LogP) is 2.71. The molecule has 0 spiro atoms. The molecule has 0 aliphatic heterocycles. The zero-order chi connectivity index (χ0) is 9.97. The van der Waals surface area contributed by atoms with E-state index in [1.54, 1.807) is 0 Å². The van der Waals surface area contributed by atoms with Gasteiger partial charge in [-0.15, -0.1) is 0 Å². The van der Waals surface area contributed by atoms with Crippen LogP contribution < -0.4 is 5.32 Å². The van der Waals surface area contributed by atoms with Crippen molar-refractivity contribution in [1.82, 2.24) is 9.97 Å². The van der Waals surface area contributed by atoms with Crippen molar-refractivity contribution in [2.24, 2.45) is 5.92 Å². The molecular weight excluding hydrogens is 174 g/mol. The first-order chi connectivity index (χ1) is 6.75. The molecule has 1 saturated carbocycles. The normalized spacial score (nSPS) is 27.6. The summed E-state index contributed by atoms with van der Waals surface area (Å²) in [4.78, 5) is 7.50. The first-order valence-corrected chi connectivity index (χ1v) is 5.54. The molecule has 2 atom stereocenters. The Hall–Kier alpha value is -0.990. The van der Waals surface area contributed by atoms with E-state index in [0.29, 0.717) is 6.04 Å². The Labute approximate surface area is 85.3 Å². The third-order valence-corrected chi connectivity index (χ3v) is 3.14. The van der Waals surface area contributed by atoms with Gasteiger partial charge in [0.25, 0.3) is 0 Å². The van der Waals surface area contributed by atoms with Gasteiger partial charge in [-0.2, -0.15) is 0 Å². The zero-order valence-electron chi connectivity index (χ0n) is 9.01. The van der Waals surface area contributed by atoms with Crippen molar-refractivity contribution in [3.05, 3.63) is 11.9 Å². The summed E-state index contributed by atoms with van der Waals surface area (Å²) in [5.74, 6) is 1.70. The van der Waals surface area contributed by atoms with E-state index < -0.39 is 0 Å². The van der Waals surface area contributed by atoms with Gasteiger partial charge in [0.1, 0.15) is 0 Å². The molecule has 0 bridgehead atoms. The zero-order valence-corrected chi connectivity index (χ0v) is 9.01. The van der Waals surface area contributed by atoms with Crippen LogP contribution in [-0.4, -0.2) is 16.0 Å². The molecule has 1 aromatic rings. The number of hydrogen-bond donors (Lipinski definition) is 2. The second-order valence-corrected chi connectivity index (χ2v) is 4.43. The molecule has 0 aromatic carbocycles. The number of anilines is 1. The number of H-pyrrole nitrogens is 1. The van der Waals surface area contributed by atoms with E-state index in [0.717, 1.165) is 17.6 Å². The van der Waals surface area contributed by atoms with Crippen LogP contribution in [0.5, 0.6) is 0 Å². The second kappa shape index (κ2) is 4.03. The Morgan fingerprint density at radius 3 is 2.86 bits per heavy atom. The van der Waals surface area contributed by atoms with Crippen LogP contribution in [0, 0.1) is 12.8 Å². The van der Waals surface area contributed by atoms with Crippen molar-refractivity contribution in [3.8, 4) is 0 Å². The third kappa shape index (κ3) is 2.08. The molecule has 1 aliphatic carbocycles. The molecule has 1 aliphatic rings. The Morgan fingerprint density at radius 2 is 2.21 bits per heavy atom. The summed E-state index contributed by atoms with van der Waals surface area (Å²) in [6, 6.07) is 0.606. The minimum absolute atomic E-state index is 0.606. The van der Waals surface area contributed by atoms with Crippen molar-refractivity contribution in [3.63, 3.8) is 0 Å². The molecule has 3 nitrogen and oxygen atoms in total. The quantitative estimate of drug-likeness (QED) is 0.758. The molecule has 3 heteroatoms. The summed E-state index contributed by atoms with van der Waals surface area (Å²) in [5, 5.41) is 3.48. The van der Waals surface area contributed by atoms with Gasteiger partial charge in [0.05, 0.1) is 0 Å². The van der Waals surface area contributed by atoms with E-state index in [9.17, 15) is 0 Å². The molecule has 2 unspecified atom stereocenters. The van der Waals surface area contributed by atoms with Gasteiger partial charge in [-0.3, -0.25) is 0 Å². The lowest BCUT2D eigenvalue weighted by molar-refractivity contribution is 0.348. The Kier molecular flexibility index (Phi) is 2.75. The summed E-state index contributed by atoms with van der Waals surface area (Å²) in [5.41, 5.74) is 1.12. The number of rotatable bonds is 2. The highest BCUT2D eigenvalue weighted by Gasteiger charge is 2.21. The van der Waals surface area contributed by atoms with Gasteiger partial charge in [-0.25, -0.2) is 4.98 Å². The highest BCUT2D eigenvalue weighted by Crippen LogP contribution is 2.25. The summed E-state index contributed by atoms with van der Waals surface area (Å²) in [6.07, 6.45) is 7.23. The molecule has 2 N–H and O–H groups in total. The van der Waals surface area contributed by atoms with Crippen molar-refractivity contribution < 1.29 is 0 Å². The van der Waals surface area contributed by atoms with Gasteiger partial charge in [0.2, 0.25) is 5.95 Å². The van der Waals surface area contributed by atoms with E-state index in [1.165, 1.54) is 25.7 Å².